The molecule has 2 amide bonds. The van der Waals surface area contributed by atoms with E-state index in [1.54, 1.807) is 6.07 Å². The van der Waals surface area contributed by atoms with Crippen LogP contribution in [0.25, 0.3) is 0 Å². The van der Waals surface area contributed by atoms with Crippen LogP contribution in [0.15, 0.2) is 18.2 Å². The van der Waals surface area contributed by atoms with E-state index in [2.05, 4.69) is 15.5 Å². The lowest BCUT2D eigenvalue weighted by molar-refractivity contribution is -0.384. The number of nitro groups is 1. The van der Waals surface area contributed by atoms with Crippen molar-refractivity contribution in [2.24, 2.45) is 0 Å². The first kappa shape index (κ1) is 18.9. The van der Waals surface area contributed by atoms with E-state index in [1.165, 1.54) is 19.2 Å². The molecule has 9 nitrogen and oxygen atoms in total. The maximum absolute atomic E-state index is 12.0. The van der Waals surface area contributed by atoms with E-state index < -0.39 is 11.0 Å². The summed E-state index contributed by atoms with van der Waals surface area (Å²) in [5.41, 5.74) is -0.0951. The first-order chi connectivity index (χ1) is 11.9. The molecule has 1 fully saturated rings. The minimum Gasteiger partial charge on any atom is -0.496 e. The van der Waals surface area contributed by atoms with E-state index in [9.17, 15) is 14.9 Å². The first-order valence-electron chi connectivity index (χ1n) is 8.14. The SMILES string of the molecule is COc1ccc(NC(=O)NCCN2C[C@@H](C)O[C@@H](C)C2)c([N+](=O)[O-])c1. The quantitative estimate of drug-likeness (QED) is 0.598. The van der Waals surface area contributed by atoms with Crippen LogP contribution in [0.1, 0.15) is 13.8 Å². The van der Waals surface area contributed by atoms with Crippen LogP contribution in [0.4, 0.5) is 16.2 Å². The number of anilines is 1. The number of carbonyl (C=O) groups excluding carboxylic acids is 1. The van der Waals surface area contributed by atoms with Gasteiger partial charge in [-0.25, -0.2) is 4.79 Å². The number of nitro benzene ring substituents is 1. The molecule has 0 spiro atoms. The van der Waals surface area contributed by atoms with Crippen LogP contribution in [0.3, 0.4) is 0 Å². The average molecular weight is 352 g/mol. The van der Waals surface area contributed by atoms with Crippen LogP contribution in [0.5, 0.6) is 5.75 Å². The lowest BCUT2D eigenvalue weighted by Gasteiger charge is -2.35. The minimum absolute atomic E-state index is 0.122. The van der Waals surface area contributed by atoms with Crippen molar-refractivity contribution in [3.8, 4) is 5.75 Å². The molecule has 1 heterocycles. The molecule has 9 heteroatoms. The smallest absolute Gasteiger partial charge is 0.319 e. The summed E-state index contributed by atoms with van der Waals surface area (Å²) in [4.78, 5) is 24.8. The van der Waals surface area contributed by atoms with Crippen molar-refractivity contribution in [1.29, 1.82) is 0 Å². The predicted molar refractivity (Wildman–Crippen MR) is 93.1 cm³/mol. The standard InChI is InChI=1S/C16H24N4O5/c1-11-9-19(10-12(2)25-11)7-6-17-16(21)18-14-5-4-13(24-3)8-15(14)20(22)23/h4-5,8,11-12H,6-7,9-10H2,1-3H3,(H2,17,18,21)/t11-,12+. The van der Waals surface area contributed by atoms with Gasteiger partial charge in [-0.2, -0.15) is 0 Å². The van der Waals surface area contributed by atoms with Crippen LogP contribution in [0.2, 0.25) is 0 Å². The molecule has 0 radical (unpaired) electrons. The van der Waals surface area contributed by atoms with Gasteiger partial charge in [0.2, 0.25) is 0 Å². The summed E-state index contributed by atoms with van der Waals surface area (Å²) in [5, 5.41) is 16.3. The Morgan fingerprint density at radius 2 is 2.08 bits per heavy atom. The molecule has 2 N–H and O–H groups in total. The molecule has 1 aliphatic heterocycles. The summed E-state index contributed by atoms with van der Waals surface area (Å²) < 4.78 is 10.6. The maximum Gasteiger partial charge on any atom is 0.319 e. The van der Waals surface area contributed by atoms with Crippen LogP contribution in [-0.2, 0) is 4.74 Å². The fourth-order valence-electron chi connectivity index (χ4n) is 2.86. The van der Waals surface area contributed by atoms with Crippen molar-refractivity contribution in [2.45, 2.75) is 26.1 Å². The van der Waals surface area contributed by atoms with Crippen molar-refractivity contribution in [2.75, 3.05) is 38.6 Å². The van der Waals surface area contributed by atoms with Gasteiger partial charge in [-0.05, 0) is 26.0 Å². The largest absolute Gasteiger partial charge is 0.496 e. The number of rotatable bonds is 6. The molecule has 2 atom stereocenters. The van der Waals surface area contributed by atoms with Gasteiger partial charge in [0, 0.05) is 26.2 Å². The van der Waals surface area contributed by atoms with Crippen molar-refractivity contribution in [3.63, 3.8) is 0 Å². The number of methoxy groups -OCH3 is 1. The lowest BCUT2D eigenvalue weighted by atomic mass is 10.2. The Balaban J connectivity index is 1.85. The number of benzene rings is 1. The third-order valence-electron chi connectivity index (χ3n) is 3.86. The highest BCUT2D eigenvalue weighted by Gasteiger charge is 2.22. The highest BCUT2D eigenvalue weighted by Crippen LogP contribution is 2.28. The number of ether oxygens (including phenoxy) is 2. The van der Waals surface area contributed by atoms with E-state index >= 15 is 0 Å². The molecule has 25 heavy (non-hydrogen) atoms. The Labute approximate surface area is 146 Å². The zero-order valence-electron chi connectivity index (χ0n) is 14.7. The molecule has 0 aliphatic carbocycles. The summed E-state index contributed by atoms with van der Waals surface area (Å²) in [6, 6.07) is 3.79. The lowest BCUT2D eigenvalue weighted by Crippen LogP contribution is -2.48. The van der Waals surface area contributed by atoms with Crippen molar-refractivity contribution in [1.82, 2.24) is 10.2 Å². The second-order valence-corrected chi connectivity index (χ2v) is 6.04. The van der Waals surface area contributed by atoms with Gasteiger partial charge < -0.3 is 20.1 Å². The number of amides is 2. The number of hydrogen-bond donors (Lipinski definition) is 2. The molecule has 138 valence electrons. The predicted octanol–water partition coefficient (Wildman–Crippen LogP) is 1.83. The van der Waals surface area contributed by atoms with Crippen LogP contribution < -0.4 is 15.4 Å². The molecule has 0 saturated carbocycles. The molecule has 1 aromatic rings. The van der Waals surface area contributed by atoms with Gasteiger partial charge in [0.15, 0.2) is 0 Å². The van der Waals surface area contributed by atoms with E-state index in [4.69, 9.17) is 9.47 Å². The molecule has 2 rings (SSSR count). The molecule has 0 bridgehead atoms. The average Bonchev–Trinajstić information content (AvgIpc) is 2.54. The van der Waals surface area contributed by atoms with Gasteiger partial charge in [-0.15, -0.1) is 0 Å². The second-order valence-electron chi connectivity index (χ2n) is 6.04. The fraction of sp³-hybridized carbons (Fsp3) is 0.562. The van der Waals surface area contributed by atoms with Crippen molar-refractivity contribution >= 4 is 17.4 Å². The van der Waals surface area contributed by atoms with Gasteiger partial charge in [-0.1, -0.05) is 0 Å². The summed E-state index contributed by atoms with van der Waals surface area (Å²) in [6.07, 6.45) is 0.332. The van der Waals surface area contributed by atoms with Crippen molar-refractivity contribution in [3.05, 3.63) is 28.3 Å². The van der Waals surface area contributed by atoms with Crippen LogP contribution in [0, 0.1) is 10.1 Å². The third kappa shape index (κ3) is 5.57. The Kier molecular flexibility index (Phi) is 6.54. The van der Waals surface area contributed by atoms with E-state index in [0.717, 1.165) is 13.1 Å². The molecule has 1 aromatic carbocycles. The Bertz CT molecular complexity index is 615. The summed E-state index contributed by atoms with van der Waals surface area (Å²) in [5.74, 6) is 0.355. The van der Waals surface area contributed by atoms with Gasteiger partial charge in [0.25, 0.3) is 5.69 Å². The first-order valence-corrected chi connectivity index (χ1v) is 8.14. The number of nitrogens with zero attached hydrogens (tertiary/aromatic N) is 2. The molecular weight excluding hydrogens is 328 g/mol. The van der Waals surface area contributed by atoms with E-state index in [-0.39, 0.29) is 23.6 Å². The van der Waals surface area contributed by atoms with Gasteiger partial charge >= 0.3 is 6.03 Å². The second kappa shape index (κ2) is 8.63. The number of carbonyl (C=O) groups is 1. The Morgan fingerprint density at radius 3 is 2.68 bits per heavy atom. The van der Waals surface area contributed by atoms with E-state index in [0.29, 0.717) is 18.8 Å². The van der Waals surface area contributed by atoms with Crippen molar-refractivity contribution < 1.29 is 19.2 Å². The highest BCUT2D eigenvalue weighted by atomic mass is 16.6. The number of urea groups is 1. The number of hydrogen-bond acceptors (Lipinski definition) is 6. The summed E-state index contributed by atoms with van der Waals surface area (Å²) >= 11 is 0. The molecule has 1 aliphatic rings. The van der Waals surface area contributed by atoms with Gasteiger partial charge in [-0.3, -0.25) is 15.0 Å². The van der Waals surface area contributed by atoms with Gasteiger partial charge in [0.05, 0.1) is 30.3 Å². The van der Waals surface area contributed by atoms with Crippen LogP contribution in [-0.4, -0.2) is 61.4 Å². The maximum atomic E-state index is 12.0. The zero-order chi connectivity index (χ0) is 18.4. The summed E-state index contributed by atoms with van der Waals surface area (Å²) in [6.45, 7) is 6.80. The van der Waals surface area contributed by atoms with Crippen LogP contribution >= 0.6 is 0 Å². The fourth-order valence-corrected chi connectivity index (χ4v) is 2.86. The number of morpholine rings is 1. The Hall–Kier alpha value is -2.39. The third-order valence-corrected chi connectivity index (χ3v) is 3.86. The molecular formula is C16H24N4O5. The molecule has 0 unspecified atom stereocenters. The molecule has 1 saturated heterocycles. The minimum atomic E-state index is -0.561. The monoisotopic (exact) mass is 352 g/mol. The van der Waals surface area contributed by atoms with Gasteiger partial charge in [0.1, 0.15) is 11.4 Å². The topological polar surface area (TPSA) is 106 Å². The number of nitrogens with one attached hydrogen (secondary N) is 2. The normalized spacial score (nSPS) is 20.8. The van der Waals surface area contributed by atoms with E-state index in [1.807, 2.05) is 13.8 Å². The molecule has 0 aromatic heterocycles. The zero-order valence-corrected chi connectivity index (χ0v) is 14.7. The highest BCUT2D eigenvalue weighted by molar-refractivity contribution is 5.91. The Morgan fingerprint density at radius 1 is 1.40 bits per heavy atom. The summed E-state index contributed by atoms with van der Waals surface area (Å²) in [7, 11) is 1.42.